The van der Waals surface area contributed by atoms with Crippen LogP contribution in [0.25, 0.3) is 66.1 Å². The fourth-order valence-electron chi connectivity index (χ4n) is 6.95. The summed E-state index contributed by atoms with van der Waals surface area (Å²) in [6.45, 7) is 0. The maximum absolute atomic E-state index is 3.76. The molecule has 0 bridgehead atoms. The highest BCUT2D eigenvalue weighted by Crippen LogP contribution is 2.40. The Morgan fingerprint density at radius 2 is 1.00 bits per heavy atom. The molecule has 212 valence electrons. The minimum absolute atomic E-state index is 1.05. The maximum atomic E-state index is 3.76. The standard InChI is InChI=1S/C42H29N3/c1-3-14-29(15-4-1)32-18-7-10-22-37(32)43-30-26-27-35-33-19-8-12-24-39(33)45(41(35)28-30)40-25-13-21-36-34-20-9-11-23-38(34)44(42(36)40)31-16-5-2-6-17-31/h1-28,43H. The number of benzene rings is 7. The van der Waals surface area contributed by atoms with Crippen molar-refractivity contribution in [3.8, 4) is 22.5 Å². The Morgan fingerprint density at radius 1 is 0.400 bits per heavy atom. The fraction of sp³-hybridized carbons (Fsp3) is 0. The van der Waals surface area contributed by atoms with Gasteiger partial charge in [0.15, 0.2) is 0 Å². The van der Waals surface area contributed by atoms with Crippen molar-refractivity contribution in [2.45, 2.75) is 0 Å². The normalized spacial score (nSPS) is 11.6. The highest BCUT2D eigenvalue weighted by molar-refractivity contribution is 6.15. The van der Waals surface area contributed by atoms with E-state index >= 15 is 0 Å². The first kappa shape index (κ1) is 25.4. The summed E-state index contributed by atoms with van der Waals surface area (Å²) in [7, 11) is 0. The van der Waals surface area contributed by atoms with E-state index in [4.69, 9.17) is 0 Å². The van der Waals surface area contributed by atoms with E-state index in [0.717, 1.165) is 28.3 Å². The summed E-state index contributed by atoms with van der Waals surface area (Å²) in [5.74, 6) is 0. The molecule has 0 fully saturated rings. The Kier molecular flexibility index (Phi) is 5.82. The fourth-order valence-corrected chi connectivity index (χ4v) is 6.95. The van der Waals surface area contributed by atoms with Crippen LogP contribution in [0, 0.1) is 0 Å². The molecule has 7 aromatic carbocycles. The number of para-hydroxylation sites is 5. The van der Waals surface area contributed by atoms with Gasteiger partial charge in [0, 0.05) is 44.2 Å². The van der Waals surface area contributed by atoms with Gasteiger partial charge in [0.05, 0.1) is 27.8 Å². The van der Waals surface area contributed by atoms with Crippen LogP contribution < -0.4 is 5.32 Å². The number of fused-ring (bicyclic) bond motifs is 6. The van der Waals surface area contributed by atoms with E-state index in [1.165, 1.54) is 49.2 Å². The van der Waals surface area contributed by atoms with Crippen LogP contribution in [0.4, 0.5) is 11.4 Å². The van der Waals surface area contributed by atoms with Gasteiger partial charge in [-0.2, -0.15) is 0 Å². The zero-order valence-corrected chi connectivity index (χ0v) is 24.6. The second kappa shape index (κ2) is 10.3. The second-order valence-corrected chi connectivity index (χ2v) is 11.5. The number of hydrogen-bond acceptors (Lipinski definition) is 1. The van der Waals surface area contributed by atoms with Crippen LogP contribution in [0.5, 0.6) is 0 Å². The summed E-state index contributed by atoms with van der Waals surface area (Å²) >= 11 is 0. The molecule has 3 heteroatoms. The monoisotopic (exact) mass is 575 g/mol. The molecule has 0 saturated carbocycles. The molecular formula is C42H29N3. The van der Waals surface area contributed by atoms with Gasteiger partial charge in [-0.3, -0.25) is 0 Å². The van der Waals surface area contributed by atoms with Crippen LogP contribution in [0.1, 0.15) is 0 Å². The predicted octanol–water partition coefficient (Wildman–Crippen LogP) is 11.3. The molecule has 0 amide bonds. The highest BCUT2D eigenvalue weighted by atomic mass is 15.1. The van der Waals surface area contributed by atoms with E-state index in [-0.39, 0.29) is 0 Å². The van der Waals surface area contributed by atoms with Gasteiger partial charge in [-0.1, -0.05) is 121 Å². The SMILES string of the molecule is c1ccc(-c2ccccc2Nc2ccc3c4ccccc4n(-c4cccc5c6ccccc6n(-c6ccccc6)c45)c3c2)cc1. The van der Waals surface area contributed by atoms with Gasteiger partial charge >= 0.3 is 0 Å². The molecule has 0 unspecified atom stereocenters. The average Bonchev–Trinajstić information content (AvgIpc) is 3.62. The smallest absolute Gasteiger partial charge is 0.0782 e. The van der Waals surface area contributed by atoms with E-state index < -0.39 is 0 Å². The molecular weight excluding hydrogens is 546 g/mol. The molecule has 0 atom stereocenters. The van der Waals surface area contributed by atoms with Crippen molar-refractivity contribution in [3.05, 3.63) is 170 Å². The maximum Gasteiger partial charge on any atom is 0.0782 e. The van der Waals surface area contributed by atoms with Crippen molar-refractivity contribution >= 4 is 55.0 Å². The van der Waals surface area contributed by atoms with Crippen molar-refractivity contribution < 1.29 is 0 Å². The summed E-state index contributed by atoms with van der Waals surface area (Å²) in [6, 6.07) is 60.7. The first-order valence-corrected chi connectivity index (χ1v) is 15.4. The Morgan fingerprint density at radius 3 is 1.80 bits per heavy atom. The molecule has 0 aliphatic carbocycles. The average molecular weight is 576 g/mol. The van der Waals surface area contributed by atoms with Gasteiger partial charge in [0.2, 0.25) is 0 Å². The van der Waals surface area contributed by atoms with Crippen LogP contribution >= 0.6 is 0 Å². The molecule has 2 heterocycles. The molecule has 1 N–H and O–H groups in total. The van der Waals surface area contributed by atoms with Gasteiger partial charge in [-0.25, -0.2) is 0 Å². The Balaban J connectivity index is 1.31. The lowest BCUT2D eigenvalue weighted by Crippen LogP contribution is -2.01. The minimum Gasteiger partial charge on any atom is -0.355 e. The van der Waals surface area contributed by atoms with Crippen molar-refractivity contribution in [1.82, 2.24) is 9.13 Å². The second-order valence-electron chi connectivity index (χ2n) is 11.5. The molecule has 0 radical (unpaired) electrons. The largest absolute Gasteiger partial charge is 0.355 e. The molecule has 2 aromatic heterocycles. The summed E-state index contributed by atoms with van der Waals surface area (Å²) in [5, 5.41) is 8.72. The van der Waals surface area contributed by atoms with E-state index in [2.05, 4.69) is 184 Å². The van der Waals surface area contributed by atoms with Crippen molar-refractivity contribution in [1.29, 1.82) is 0 Å². The number of anilines is 2. The highest BCUT2D eigenvalue weighted by Gasteiger charge is 2.20. The van der Waals surface area contributed by atoms with Crippen LogP contribution in [-0.4, -0.2) is 9.13 Å². The van der Waals surface area contributed by atoms with Gasteiger partial charge in [0.1, 0.15) is 0 Å². The third-order valence-electron chi connectivity index (χ3n) is 8.89. The van der Waals surface area contributed by atoms with Crippen LogP contribution in [-0.2, 0) is 0 Å². The van der Waals surface area contributed by atoms with E-state index in [1.807, 2.05) is 0 Å². The third-order valence-corrected chi connectivity index (χ3v) is 8.89. The summed E-state index contributed by atoms with van der Waals surface area (Å²) < 4.78 is 4.86. The molecule has 45 heavy (non-hydrogen) atoms. The predicted molar refractivity (Wildman–Crippen MR) is 190 cm³/mol. The summed E-state index contributed by atoms with van der Waals surface area (Å²) in [6.07, 6.45) is 0. The first-order valence-electron chi connectivity index (χ1n) is 15.4. The lowest BCUT2D eigenvalue weighted by atomic mass is 10.0. The van der Waals surface area contributed by atoms with Gasteiger partial charge in [-0.15, -0.1) is 0 Å². The van der Waals surface area contributed by atoms with Gasteiger partial charge in [0.25, 0.3) is 0 Å². The lowest BCUT2D eigenvalue weighted by Gasteiger charge is -2.15. The molecule has 0 aliphatic heterocycles. The molecule has 9 rings (SSSR count). The van der Waals surface area contributed by atoms with Gasteiger partial charge in [-0.05, 0) is 54.1 Å². The van der Waals surface area contributed by atoms with Crippen molar-refractivity contribution in [2.75, 3.05) is 5.32 Å². The summed E-state index contributed by atoms with van der Waals surface area (Å²) in [4.78, 5) is 0. The topological polar surface area (TPSA) is 21.9 Å². The van der Waals surface area contributed by atoms with E-state index in [9.17, 15) is 0 Å². The number of hydrogen-bond donors (Lipinski definition) is 1. The van der Waals surface area contributed by atoms with Crippen LogP contribution in [0.2, 0.25) is 0 Å². The number of aromatic nitrogens is 2. The summed E-state index contributed by atoms with van der Waals surface area (Å²) in [5.41, 5.74) is 11.5. The number of rotatable bonds is 5. The molecule has 0 saturated heterocycles. The molecule has 0 aliphatic rings. The Hall–Kier alpha value is -6.06. The van der Waals surface area contributed by atoms with Crippen LogP contribution in [0.3, 0.4) is 0 Å². The van der Waals surface area contributed by atoms with Crippen molar-refractivity contribution in [3.63, 3.8) is 0 Å². The zero-order valence-electron chi connectivity index (χ0n) is 24.6. The minimum atomic E-state index is 1.05. The van der Waals surface area contributed by atoms with Gasteiger partial charge < -0.3 is 14.5 Å². The van der Waals surface area contributed by atoms with Crippen molar-refractivity contribution in [2.24, 2.45) is 0 Å². The lowest BCUT2D eigenvalue weighted by molar-refractivity contribution is 1.13. The van der Waals surface area contributed by atoms with E-state index in [0.29, 0.717) is 0 Å². The third kappa shape index (κ3) is 4.05. The quantitative estimate of drug-likeness (QED) is 0.217. The molecule has 9 aromatic rings. The Bertz CT molecular complexity index is 2500. The molecule has 3 nitrogen and oxygen atoms in total. The number of nitrogens with zero attached hydrogens (tertiary/aromatic N) is 2. The van der Waals surface area contributed by atoms with E-state index in [1.54, 1.807) is 0 Å². The zero-order chi connectivity index (χ0) is 29.7. The number of nitrogens with one attached hydrogen (secondary N) is 1. The van der Waals surface area contributed by atoms with Crippen LogP contribution in [0.15, 0.2) is 170 Å². The Labute approximate surface area is 261 Å². The first-order chi connectivity index (χ1) is 22.3. The molecule has 0 spiro atoms.